The van der Waals surface area contributed by atoms with Gasteiger partial charge in [-0.3, -0.25) is 4.79 Å². The van der Waals surface area contributed by atoms with Crippen molar-refractivity contribution >= 4 is 11.6 Å². The summed E-state index contributed by atoms with van der Waals surface area (Å²) in [5.41, 5.74) is 1.14. The quantitative estimate of drug-likeness (QED) is 0.886. The zero-order valence-corrected chi connectivity index (χ0v) is 12.8. The summed E-state index contributed by atoms with van der Waals surface area (Å²) in [5.74, 6) is 1.42. The largest absolute Gasteiger partial charge is 0.493 e. The number of benzene rings is 1. The van der Waals surface area contributed by atoms with Gasteiger partial charge in [-0.25, -0.2) is 4.98 Å². The molecule has 2 aromatic rings. The number of carbonyl (C=O) groups is 1. The monoisotopic (exact) mass is 314 g/mol. The van der Waals surface area contributed by atoms with E-state index in [1.54, 1.807) is 18.2 Å². The minimum Gasteiger partial charge on any atom is -0.493 e. The van der Waals surface area contributed by atoms with E-state index in [4.69, 9.17) is 14.2 Å². The van der Waals surface area contributed by atoms with Crippen LogP contribution < -0.4 is 14.8 Å². The fourth-order valence-corrected chi connectivity index (χ4v) is 2.10. The number of aromatic nitrogens is 1. The number of carbonyl (C=O) groups excluding carboxylic acids is 1. The van der Waals surface area contributed by atoms with Gasteiger partial charge in [0, 0.05) is 29.9 Å². The van der Waals surface area contributed by atoms with Crippen LogP contribution in [0.15, 0.2) is 42.6 Å². The number of nitrogens with one attached hydrogen (secondary N) is 1. The first-order chi connectivity index (χ1) is 11.2. The summed E-state index contributed by atoms with van der Waals surface area (Å²) in [6, 6.07) is 10.6. The highest BCUT2D eigenvalue weighted by Gasteiger charge is 2.18. The van der Waals surface area contributed by atoms with Gasteiger partial charge in [0.1, 0.15) is 5.75 Å². The van der Waals surface area contributed by atoms with E-state index in [0.717, 1.165) is 19.0 Å². The summed E-state index contributed by atoms with van der Waals surface area (Å²) < 4.78 is 15.8. The van der Waals surface area contributed by atoms with Gasteiger partial charge in [0.05, 0.1) is 32.5 Å². The molecule has 1 amide bonds. The molecule has 0 radical (unpaired) electrons. The second-order valence-electron chi connectivity index (χ2n) is 5.29. The summed E-state index contributed by atoms with van der Waals surface area (Å²) in [6.45, 7) is 2.13. The molecule has 120 valence electrons. The second-order valence-corrected chi connectivity index (χ2v) is 5.29. The normalized spacial score (nSPS) is 14.0. The molecule has 23 heavy (non-hydrogen) atoms. The Morgan fingerprint density at radius 3 is 2.87 bits per heavy atom. The first-order valence-corrected chi connectivity index (χ1v) is 7.36. The number of hydrogen-bond acceptors (Lipinski definition) is 5. The van der Waals surface area contributed by atoms with Gasteiger partial charge < -0.3 is 19.5 Å². The van der Waals surface area contributed by atoms with Crippen molar-refractivity contribution in [1.82, 2.24) is 4.98 Å². The van der Waals surface area contributed by atoms with Gasteiger partial charge in [-0.1, -0.05) is 6.07 Å². The maximum Gasteiger partial charge on any atom is 0.257 e. The van der Waals surface area contributed by atoms with Gasteiger partial charge >= 0.3 is 0 Å². The third-order valence-corrected chi connectivity index (χ3v) is 3.49. The third kappa shape index (κ3) is 3.98. The molecule has 1 aromatic carbocycles. The van der Waals surface area contributed by atoms with E-state index in [2.05, 4.69) is 10.3 Å². The van der Waals surface area contributed by atoms with Crippen LogP contribution in [0, 0.1) is 5.92 Å². The van der Waals surface area contributed by atoms with Crippen molar-refractivity contribution in [2.24, 2.45) is 5.92 Å². The highest BCUT2D eigenvalue weighted by molar-refractivity contribution is 6.04. The average Bonchev–Trinajstić information content (AvgIpc) is 2.54. The molecule has 0 atom stereocenters. The molecule has 1 aliphatic rings. The Labute approximate surface area is 134 Å². The zero-order valence-electron chi connectivity index (χ0n) is 12.8. The number of hydrogen-bond donors (Lipinski definition) is 1. The Bertz CT molecular complexity index is 669. The first-order valence-electron chi connectivity index (χ1n) is 7.36. The van der Waals surface area contributed by atoms with Gasteiger partial charge in [-0.2, -0.15) is 0 Å². The number of methoxy groups -OCH3 is 1. The molecular weight excluding hydrogens is 296 g/mol. The molecule has 6 nitrogen and oxygen atoms in total. The first kappa shape index (κ1) is 15.3. The molecule has 1 fully saturated rings. The van der Waals surface area contributed by atoms with Crippen LogP contribution in [0.25, 0.3) is 0 Å². The lowest BCUT2D eigenvalue weighted by Gasteiger charge is -2.25. The minimum absolute atomic E-state index is 0.232. The highest BCUT2D eigenvalue weighted by atomic mass is 16.5. The van der Waals surface area contributed by atoms with E-state index < -0.39 is 0 Å². The zero-order chi connectivity index (χ0) is 16.1. The molecule has 1 N–H and O–H groups in total. The maximum absolute atomic E-state index is 12.2. The summed E-state index contributed by atoms with van der Waals surface area (Å²) in [4.78, 5) is 16.2. The summed E-state index contributed by atoms with van der Waals surface area (Å²) >= 11 is 0. The fraction of sp³-hybridized carbons (Fsp3) is 0.294. The second kappa shape index (κ2) is 7.11. The van der Waals surface area contributed by atoms with E-state index >= 15 is 0 Å². The van der Waals surface area contributed by atoms with Crippen LogP contribution in [0.4, 0.5) is 5.69 Å². The van der Waals surface area contributed by atoms with Gasteiger partial charge in [0.25, 0.3) is 5.91 Å². The van der Waals surface area contributed by atoms with Crippen molar-refractivity contribution < 1.29 is 19.0 Å². The number of amides is 1. The number of ether oxygens (including phenoxy) is 3. The third-order valence-electron chi connectivity index (χ3n) is 3.49. The molecule has 1 aliphatic heterocycles. The minimum atomic E-state index is -0.232. The molecular formula is C17H18N2O4. The van der Waals surface area contributed by atoms with Gasteiger partial charge in [-0.05, 0) is 18.2 Å². The lowest BCUT2D eigenvalue weighted by molar-refractivity contribution is -0.0508. The molecule has 0 bridgehead atoms. The Hall–Kier alpha value is -2.60. The average molecular weight is 314 g/mol. The van der Waals surface area contributed by atoms with Crippen molar-refractivity contribution in [2.45, 2.75) is 0 Å². The topological polar surface area (TPSA) is 69.7 Å². The smallest absolute Gasteiger partial charge is 0.257 e. The molecule has 1 aromatic heterocycles. The van der Waals surface area contributed by atoms with Crippen LogP contribution in [-0.4, -0.2) is 37.8 Å². The highest BCUT2D eigenvalue weighted by Crippen LogP contribution is 2.20. The van der Waals surface area contributed by atoms with Gasteiger partial charge in [0.2, 0.25) is 5.88 Å². The maximum atomic E-state index is 12.2. The van der Waals surface area contributed by atoms with Crippen LogP contribution in [0.5, 0.6) is 11.6 Å². The van der Waals surface area contributed by atoms with Crippen molar-refractivity contribution in [3.8, 4) is 11.6 Å². The molecule has 1 saturated heterocycles. The van der Waals surface area contributed by atoms with Crippen LogP contribution in [-0.2, 0) is 4.74 Å². The number of nitrogens with zero attached hydrogens (tertiary/aromatic N) is 1. The molecule has 0 aliphatic carbocycles. The molecule has 0 saturated carbocycles. The predicted octanol–water partition coefficient (Wildman–Crippen LogP) is 2.37. The van der Waals surface area contributed by atoms with Crippen LogP contribution >= 0.6 is 0 Å². The number of pyridine rings is 1. The van der Waals surface area contributed by atoms with E-state index in [9.17, 15) is 4.79 Å². The fourth-order valence-electron chi connectivity index (χ4n) is 2.10. The molecule has 2 heterocycles. The van der Waals surface area contributed by atoms with Gasteiger partial charge in [0.15, 0.2) is 0 Å². The molecule has 3 rings (SSSR count). The number of anilines is 1. The lowest BCUT2D eigenvalue weighted by atomic mass is 10.1. The summed E-state index contributed by atoms with van der Waals surface area (Å²) in [5, 5.41) is 2.83. The van der Waals surface area contributed by atoms with Crippen molar-refractivity contribution in [1.29, 1.82) is 0 Å². The van der Waals surface area contributed by atoms with Crippen LogP contribution in [0.2, 0.25) is 0 Å². The summed E-state index contributed by atoms with van der Waals surface area (Å²) in [6.07, 6.45) is 1.48. The van der Waals surface area contributed by atoms with E-state index in [0.29, 0.717) is 29.7 Å². The SMILES string of the molecule is COc1ccc(C(=O)Nc2cccc(OCC3COC3)c2)cn1. The molecule has 0 unspecified atom stereocenters. The van der Waals surface area contributed by atoms with E-state index in [1.807, 2.05) is 18.2 Å². The van der Waals surface area contributed by atoms with E-state index in [-0.39, 0.29) is 5.91 Å². The van der Waals surface area contributed by atoms with E-state index in [1.165, 1.54) is 13.3 Å². The van der Waals surface area contributed by atoms with Gasteiger partial charge in [-0.15, -0.1) is 0 Å². The van der Waals surface area contributed by atoms with Crippen molar-refractivity contribution in [3.63, 3.8) is 0 Å². The molecule has 0 spiro atoms. The van der Waals surface area contributed by atoms with Crippen LogP contribution in [0.1, 0.15) is 10.4 Å². The Balaban J connectivity index is 1.60. The molecule has 6 heteroatoms. The lowest BCUT2D eigenvalue weighted by Crippen LogP contribution is -2.32. The Kier molecular flexibility index (Phi) is 4.73. The van der Waals surface area contributed by atoms with Crippen molar-refractivity contribution in [2.75, 3.05) is 32.2 Å². The van der Waals surface area contributed by atoms with Crippen LogP contribution in [0.3, 0.4) is 0 Å². The standard InChI is InChI=1S/C17H18N2O4/c1-21-16-6-5-13(8-18-16)17(20)19-14-3-2-4-15(7-14)23-11-12-9-22-10-12/h2-8,12H,9-11H2,1H3,(H,19,20). The Morgan fingerprint density at radius 1 is 1.35 bits per heavy atom. The number of rotatable bonds is 6. The summed E-state index contributed by atoms with van der Waals surface area (Å²) in [7, 11) is 1.53. The Morgan fingerprint density at radius 2 is 2.22 bits per heavy atom. The van der Waals surface area contributed by atoms with Crippen molar-refractivity contribution in [3.05, 3.63) is 48.2 Å². The predicted molar refractivity (Wildman–Crippen MR) is 85.0 cm³/mol.